The minimum atomic E-state index is -1.38. The topological polar surface area (TPSA) is 121 Å². The number of fused-ring (bicyclic) bond motifs is 1. The first kappa shape index (κ1) is 20.6. The van der Waals surface area contributed by atoms with E-state index in [4.69, 9.17) is 10.5 Å². The van der Waals surface area contributed by atoms with Crippen molar-refractivity contribution in [3.05, 3.63) is 33.4 Å². The number of nitrogens with zero attached hydrogens (tertiary/aromatic N) is 1. The number of rotatable bonds is 6. The van der Waals surface area contributed by atoms with E-state index in [2.05, 4.69) is 17.2 Å². The highest BCUT2D eigenvalue weighted by molar-refractivity contribution is 5.99. The van der Waals surface area contributed by atoms with Gasteiger partial charge in [0.1, 0.15) is 11.3 Å². The van der Waals surface area contributed by atoms with E-state index in [0.717, 1.165) is 12.6 Å². The fraction of sp³-hybridized carbons (Fsp3) is 0.524. The molecule has 5 N–H and O–H groups in total. The number of nitrogens with two attached hydrogens (primary N) is 1. The largest absolute Gasteiger partial charge is 0.492 e. The molecule has 1 aromatic carbocycles. The van der Waals surface area contributed by atoms with E-state index in [9.17, 15) is 14.7 Å². The summed E-state index contributed by atoms with van der Waals surface area (Å²) in [5.41, 5.74) is 4.83. The fourth-order valence-corrected chi connectivity index (χ4v) is 4.52. The number of aromatic carboxylic acids is 1. The molecule has 4 rings (SSSR count). The van der Waals surface area contributed by atoms with Gasteiger partial charge in [0, 0.05) is 36.4 Å². The molecule has 1 aliphatic carbocycles. The number of hydrogen-bond acceptors (Lipinski definition) is 6. The molecule has 1 saturated heterocycles. The zero-order chi connectivity index (χ0) is 21.8. The van der Waals surface area contributed by atoms with Gasteiger partial charge in [-0.05, 0) is 39.2 Å². The van der Waals surface area contributed by atoms with Crippen molar-refractivity contribution in [1.82, 2.24) is 10.3 Å². The molecule has 2 heterocycles. The van der Waals surface area contributed by atoms with E-state index in [1.54, 1.807) is 0 Å². The average Bonchev–Trinajstić information content (AvgIpc) is 3.26. The molecule has 30 heavy (non-hydrogen) atoms. The summed E-state index contributed by atoms with van der Waals surface area (Å²) >= 11 is 0. The van der Waals surface area contributed by atoms with Crippen LogP contribution in [0.1, 0.15) is 42.1 Å². The molecular weight excluding hydrogens is 391 g/mol. The average molecular weight is 418 g/mol. The Hall–Kier alpha value is -2.65. The van der Waals surface area contributed by atoms with Crippen LogP contribution in [0.2, 0.25) is 0 Å². The number of hydrogen-bond donors (Lipinski definition) is 4. The highest BCUT2D eigenvalue weighted by Gasteiger charge is 2.46. The number of aromatic amines is 1. The van der Waals surface area contributed by atoms with Gasteiger partial charge in [-0.25, -0.2) is 9.18 Å². The third-order valence-corrected chi connectivity index (χ3v) is 6.63. The Kier molecular flexibility index (Phi) is 4.98. The van der Waals surface area contributed by atoms with Crippen LogP contribution >= 0.6 is 0 Å². The van der Waals surface area contributed by atoms with E-state index in [0.29, 0.717) is 31.8 Å². The minimum absolute atomic E-state index is 0.0349. The number of nitrogens with one attached hydrogen (secondary N) is 2. The molecule has 8 nitrogen and oxygen atoms in total. The monoisotopic (exact) mass is 418 g/mol. The predicted molar refractivity (Wildman–Crippen MR) is 112 cm³/mol. The van der Waals surface area contributed by atoms with Gasteiger partial charge in [0.2, 0.25) is 5.43 Å². The summed E-state index contributed by atoms with van der Waals surface area (Å²) in [4.78, 5) is 29.3. The van der Waals surface area contributed by atoms with Gasteiger partial charge in [0.15, 0.2) is 11.6 Å². The van der Waals surface area contributed by atoms with Crippen LogP contribution in [0, 0.1) is 11.7 Å². The third kappa shape index (κ3) is 3.04. The number of anilines is 1. The molecule has 2 aliphatic rings. The van der Waals surface area contributed by atoms with E-state index in [-0.39, 0.29) is 33.9 Å². The summed E-state index contributed by atoms with van der Waals surface area (Å²) < 4.78 is 21.6. The Morgan fingerprint density at radius 3 is 2.77 bits per heavy atom. The molecule has 1 saturated carbocycles. The van der Waals surface area contributed by atoms with Crippen molar-refractivity contribution in [2.45, 2.75) is 37.8 Å². The van der Waals surface area contributed by atoms with E-state index < -0.39 is 28.3 Å². The van der Waals surface area contributed by atoms with Gasteiger partial charge >= 0.3 is 5.97 Å². The third-order valence-electron chi connectivity index (χ3n) is 6.63. The first-order valence-corrected chi connectivity index (χ1v) is 10.1. The van der Waals surface area contributed by atoms with Crippen molar-refractivity contribution in [2.75, 3.05) is 32.1 Å². The number of benzene rings is 1. The number of aromatic nitrogens is 1. The Morgan fingerprint density at radius 2 is 2.20 bits per heavy atom. The first-order valence-electron chi connectivity index (χ1n) is 10.1. The van der Waals surface area contributed by atoms with Crippen LogP contribution in [0.4, 0.5) is 10.1 Å². The van der Waals surface area contributed by atoms with Gasteiger partial charge < -0.3 is 30.8 Å². The van der Waals surface area contributed by atoms with Gasteiger partial charge in [-0.3, -0.25) is 4.79 Å². The molecule has 0 spiro atoms. The van der Waals surface area contributed by atoms with Crippen molar-refractivity contribution in [1.29, 1.82) is 0 Å². The molecule has 9 heteroatoms. The van der Waals surface area contributed by atoms with Gasteiger partial charge in [0.25, 0.3) is 0 Å². The standard InChI is InChI=1S/C21H27FN4O4/c1-10(24-2)11-4-7-26(9-11)17-15(22)14(21(23)5-6-21)13-16(19(17)30-3)25-8-12(18(13)27)20(28)29/h8,10-11,24H,4-7,9,23H2,1-3H3,(H,25,27)(H,28,29). The van der Waals surface area contributed by atoms with Gasteiger partial charge in [0.05, 0.1) is 18.0 Å². The highest BCUT2D eigenvalue weighted by atomic mass is 19.1. The van der Waals surface area contributed by atoms with E-state index >= 15 is 4.39 Å². The molecule has 1 aliphatic heterocycles. The van der Waals surface area contributed by atoms with E-state index in [1.165, 1.54) is 7.11 Å². The lowest BCUT2D eigenvalue weighted by Crippen LogP contribution is -2.33. The summed E-state index contributed by atoms with van der Waals surface area (Å²) in [5, 5.41) is 12.6. The first-order chi connectivity index (χ1) is 14.2. The fourth-order valence-electron chi connectivity index (χ4n) is 4.52. The minimum Gasteiger partial charge on any atom is -0.492 e. The van der Waals surface area contributed by atoms with Crippen LogP contribution in [0.15, 0.2) is 11.0 Å². The number of carbonyl (C=O) groups is 1. The predicted octanol–water partition coefficient (Wildman–Crippen LogP) is 1.76. The number of halogens is 1. The molecule has 162 valence electrons. The molecule has 0 amide bonds. The lowest BCUT2D eigenvalue weighted by molar-refractivity contribution is 0.0695. The number of methoxy groups -OCH3 is 1. The van der Waals surface area contributed by atoms with Crippen LogP contribution in [0.3, 0.4) is 0 Å². The van der Waals surface area contributed by atoms with Crippen LogP contribution < -0.4 is 26.1 Å². The molecule has 2 unspecified atom stereocenters. The molecule has 2 aromatic rings. The van der Waals surface area contributed by atoms with Gasteiger partial charge in [-0.2, -0.15) is 0 Å². The number of carboxylic acids is 1. The van der Waals surface area contributed by atoms with Crippen LogP contribution in [-0.2, 0) is 5.54 Å². The quantitative estimate of drug-likeness (QED) is 0.564. The maximum atomic E-state index is 16.0. The molecule has 2 fully saturated rings. The Morgan fingerprint density at radius 1 is 1.50 bits per heavy atom. The number of H-pyrrole nitrogens is 1. The Bertz CT molecular complexity index is 1080. The molecule has 1 aromatic heterocycles. The van der Waals surface area contributed by atoms with E-state index in [1.807, 2.05) is 11.9 Å². The SMILES string of the molecule is CNC(C)C1CCN(c2c(F)c(C3(N)CC3)c3c(=O)c(C(=O)O)c[nH]c3c2OC)C1. The summed E-state index contributed by atoms with van der Waals surface area (Å²) in [6.45, 7) is 3.37. The zero-order valence-electron chi connectivity index (χ0n) is 17.3. The highest BCUT2D eigenvalue weighted by Crippen LogP contribution is 2.51. The van der Waals surface area contributed by atoms with Crippen LogP contribution in [0.5, 0.6) is 5.75 Å². The number of carboxylic acid groups (broad SMARTS) is 1. The van der Waals surface area contributed by atoms with Crippen LogP contribution in [-0.4, -0.2) is 49.3 Å². The Balaban J connectivity index is 1.99. The zero-order valence-corrected chi connectivity index (χ0v) is 17.3. The van der Waals surface area contributed by atoms with Crippen molar-refractivity contribution >= 4 is 22.6 Å². The maximum Gasteiger partial charge on any atom is 0.341 e. The summed E-state index contributed by atoms with van der Waals surface area (Å²) in [5.74, 6) is -1.44. The smallest absolute Gasteiger partial charge is 0.341 e. The molecule has 0 bridgehead atoms. The second kappa shape index (κ2) is 7.24. The van der Waals surface area contributed by atoms with Gasteiger partial charge in [-0.1, -0.05) is 0 Å². The molecule has 2 atom stereocenters. The van der Waals surface area contributed by atoms with Crippen LogP contribution in [0.25, 0.3) is 10.9 Å². The maximum absolute atomic E-state index is 16.0. The second-order valence-corrected chi connectivity index (χ2v) is 8.39. The van der Waals surface area contributed by atoms with Crippen molar-refractivity contribution in [3.63, 3.8) is 0 Å². The lowest BCUT2D eigenvalue weighted by atomic mass is 9.95. The number of pyridine rings is 1. The van der Waals surface area contributed by atoms with Crippen molar-refractivity contribution in [3.8, 4) is 5.75 Å². The summed E-state index contributed by atoms with van der Waals surface area (Å²) in [7, 11) is 3.32. The Labute approximate surface area is 173 Å². The summed E-state index contributed by atoms with van der Waals surface area (Å²) in [6.07, 6.45) is 3.08. The summed E-state index contributed by atoms with van der Waals surface area (Å²) in [6, 6.07) is 0.270. The molecular formula is C21H27FN4O4. The lowest BCUT2D eigenvalue weighted by Gasteiger charge is -2.27. The second-order valence-electron chi connectivity index (χ2n) is 8.39. The van der Waals surface area contributed by atoms with Crippen molar-refractivity contribution in [2.24, 2.45) is 11.7 Å². The van der Waals surface area contributed by atoms with Gasteiger partial charge in [-0.15, -0.1) is 0 Å². The number of ether oxygens (including phenoxy) is 1. The van der Waals surface area contributed by atoms with Crippen molar-refractivity contribution < 1.29 is 19.0 Å². The normalized spacial score (nSPS) is 21.1. The molecule has 0 radical (unpaired) electrons.